The second kappa shape index (κ2) is 9.04. The number of aryl methyl sites for hydroxylation is 1. The van der Waals surface area contributed by atoms with E-state index in [2.05, 4.69) is 5.32 Å². The largest absolute Gasteiger partial charge is 0.320 e. The van der Waals surface area contributed by atoms with Gasteiger partial charge >= 0.3 is 0 Å². The van der Waals surface area contributed by atoms with Gasteiger partial charge in [-0.05, 0) is 55.8 Å². The van der Waals surface area contributed by atoms with E-state index in [0.29, 0.717) is 10.6 Å². The molecule has 0 aliphatic rings. The van der Waals surface area contributed by atoms with Crippen LogP contribution in [0.1, 0.15) is 17.0 Å². The van der Waals surface area contributed by atoms with Gasteiger partial charge in [0.15, 0.2) is 0 Å². The van der Waals surface area contributed by atoms with E-state index >= 15 is 0 Å². The lowest BCUT2D eigenvalue weighted by Crippen LogP contribution is -2.14. The Morgan fingerprint density at radius 2 is 1.94 bits per heavy atom. The molecule has 3 rings (SSSR count). The molecular formula is C22H16Cl2N4O3. The Labute approximate surface area is 188 Å². The maximum absolute atomic E-state index is 12.6. The van der Waals surface area contributed by atoms with Gasteiger partial charge in [-0.15, -0.1) is 0 Å². The van der Waals surface area contributed by atoms with Crippen LogP contribution in [-0.4, -0.2) is 15.4 Å². The number of non-ortho nitro benzene ring substituents is 1. The minimum atomic E-state index is -0.725. The van der Waals surface area contributed by atoms with Crippen molar-refractivity contribution in [3.63, 3.8) is 0 Å². The van der Waals surface area contributed by atoms with E-state index in [1.807, 2.05) is 48.7 Å². The van der Waals surface area contributed by atoms with Crippen LogP contribution in [0.4, 0.5) is 11.4 Å². The van der Waals surface area contributed by atoms with Gasteiger partial charge in [-0.25, -0.2) is 0 Å². The van der Waals surface area contributed by atoms with Crippen LogP contribution in [0.3, 0.4) is 0 Å². The van der Waals surface area contributed by atoms with Crippen molar-refractivity contribution < 1.29 is 9.72 Å². The van der Waals surface area contributed by atoms with Gasteiger partial charge in [-0.1, -0.05) is 29.3 Å². The van der Waals surface area contributed by atoms with Crippen molar-refractivity contribution in [3.8, 4) is 11.8 Å². The van der Waals surface area contributed by atoms with Crippen molar-refractivity contribution in [2.75, 3.05) is 5.32 Å². The van der Waals surface area contributed by atoms with Crippen LogP contribution in [-0.2, 0) is 4.79 Å². The molecule has 0 saturated carbocycles. The van der Waals surface area contributed by atoms with E-state index < -0.39 is 10.8 Å². The predicted molar refractivity (Wildman–Crippen MR) is 121 cm³/mol. The summed E-state index contributed by atoms with van der Waals surface area (Å²) >= 11 is 12.1. The lowest BCUT2D eigenvalue weighted by atomic mass is 10.1. The number of aromatic nitrogens is 1. The van der Waals surface area contributed by atoms with E-state index in [-0.39, 0.29) is 22.0 Å². The first kappa shape index (κ1) is 22.1. The summed E-state index contributed by atoms with van der Waals surface area (Å²) in [6.45, 7) is 3.77. The van der Waals surface area contributed by atoms with Crippen LogP contribution < -0.4 is 5.32 Å². The lowest BCUT2D eigenvalue weighted by Gasteiger charge is -2.10. The average Bonchev–Trinajstić information content (AvgIpc) is 3.00. The molecule has 0 fully saturated rings. The van der Waals surface area contributed by atoms with Gasteiger partial charge in [0.25, 0.3) is 11.6 Å². The third-order valence-corrected chi connectivity index (χ3v) is 5.18. The van der Waals surface area contributed by atoms with Crippen LogP contribution in [0.25, 0.3) is 11.8 Å². The maximum Gasteiger partial charge on any atom is 0.271 e. The Bertz CT molecular complexity index is 1270. The highest BCUT2D eigenvalue weighted by molar-refractivity contribution is 6.34. The smallest absolute Gasteiger partial charge is 0.271 e. The molecule has 1 N–H and O–H groups in total. The van der Waals surface area contributed by atoms with Gasteiger partial charge < -0.3 is 9.88 Å². The number of nitriles is 1. The Hall–Kier alpha value is -3.60. The van der Waals surface area contributed by atoms with Crippen molar-refractivity contribution in [2.24, 2.45) is 0 Å². The molecule has 0 aliphatic heterocycles. The van der Waals surface area contributed by atoms with Crippen molar-refractivity contribution >= 4 is 46.6 Å². The molecule has 0 aliphatic carbocycles. The van der Waals surface area contributed by atoms with E-state index in [9.17, 15) is 20.2 Å². The Balaban J connectivity index is 1.95. The number of carbonyl (C=O) groups excluding carboxylic acids is 1. The SMILES string of the molecule is Cc1cc(/C=C(\C#N)C(=O)Nc2cc([N+](=O)[O-])ccc2Cl)c(C)n1-c1cccc(Cl)c1. The number of carbonyl (C=O) groups is 1. The van der Waals surface area contributed by atoms with E-state index in [1.165, 1.54) is 18.2 Å². The van der Waals surface area contributed by atoms with Crippen LogP contribution in [0.5, 0.6) is 0 Å². The zero-order chi connectivity index (χ0) is 22.7. The first-order valence-electron chi connectivity index (χ1n) is 9.03. The zero-order valence-corrected chi connectivity index (χ0v) is 18.0. The van der Waals surface area contributed by atoms with Gasteiger partial charge in [0.1, 0.15) is 11.6 Å². The number of amides is 1. The number of nitrogens with zero attached hydrogens (tertiary/aromatic N) is 3. The van der Waals surface area contributed by atoms with E-state index in [1.54, 1.807) is 6.07 Å². The Morgan fingerprint density at radius 3 is 2.58 bits per heavy atom. The molecule has 0 atom stereocenters. The first-order valence-corrected chi connectivity index (χ1v) is 9.79. The quantitative estimate of drug-likeness (QED) is 0.226. The third-order valence-electron chi connectivity index (χ3n) is 4.61. The summed E-state index contributed by atoms with van der Waals surface area (Å²) in [5, 5.41) is 23.7. The van der Waals surface area contributed by atoms with E-state index in [4.69, 9.17) is 23.2 Å². The molecule has 0 unspecified atom stereocenters. The van der Waals surface area contributed by atoms with Crippen LogP contribution >= 0.6 is 23.2 Å². The van der Waals surface area contributed by atoms with Gasteiger partial charge in [-0.2, -0.15) is 5.26 Å². The second-order valence-corrected chi connectivity index (χ2v) is 7.53. The zero-order valence-electron chi connectivity index (χ0n) is 16.5. The summed E-state index contributed by atoms with van der Waals surface area (Å²) in [6, 6.07) is 14.7. The standard InChI is InChI=1S/C22H16Cl2N4O3/c1-13-8-15(14(2)27(13)18-5-3-4-17(23)10-18)9-16(12-25)22(29)26-21-11-19(28(30)31)6-7-20(21)24/h3-11H,1-2H3,(H,26,29)/b16-9+. The first-order chi connectivity index (χ1) is 14.7. The number of hydrogen-bond acceptors (Lipinski definition) is 4. The number of nitrogens with one attached hydrogen (secondary N) is 1. The molecule has 0 radical (unpaired) electrons. The molecule has 2 aromatic carbocycles. The van der Waals surface area contributed by atoms with Crippen molar-refractivity contribution in [3.05, 3.63) is 91.2 Å². The van der Waals surface area contributed by atoms with Gasteiger partial charge in [0, 0.05) is 34.2 Å². The number of halogens is 2. The summed E-state index contributed by atoms with van der Waals surface area (Å²) in [7, 11) is 0. The van der Waals surface area contributed by atoms with Crippen molar-refractivity contribution in [1.82, 2.24) is 4.57 Å². The number of hydrogen-bond donors (Lipinski definition) is 1. The number of nitro groups is 1. The van der Waals surface area contributed by atoms with Crippen LogP contribution in [0, 0.1) is 35.3 Å². The summed E-state index contributed by atoms with van der Waals surface area (Å²) in [4.78, 5) is 23.0. The average molecular weight is 455 g/mol. The Morgan fingerprint density at radius 1 is 1.19 bits per heavy atom. The second-order valence-electron chi connectivity index (χ2n) is 6.69. The van der Waals surface area contributed by atoms with Crippen LogP contribution in [0.2, 0.25) is 10.0 Å². The monoisotopic (exact) mass is 454 g/mol. The van der Waals surface area contributed by atoms with Crippen molar-refractivity contribution in [1.29, 1.82) is 5.26 Å². The minimum Gasteiger partial charge on any atom is -0.320 e. The van der Waals surface area contributed by atoms with Crippen molar-refractivity contribution in [2.45, 2.75) is 13.8 Å². The fourth-order valence-corrected chi connectivity index (χ4v) is 3.51. The highest BCUT2D eigenvalue weighted by atomic mass is 35.5. The molecule has 31 heavy (non-hydrogen) atoms. The highest BCUT2D eigenvalue weighted by Crippen LogP contribution is 2.28. The molecule has 156 valence electrons. The fourth-order valence-electron chi connectivity index (χ4n) is 3.16. The molecule has 9 heteroatoms. The number of rotatable bonds is 5. The summed E-state index contributed by atoms with van der Waals surface area (Å²) in [6.07, 6.45) is 1.46. The Kier molecular flexibility index (Phi) is 6.44. The summed E-state index contributed by atoms with van der Waals surface area (Å²) in [5.41, 5.74) is 2.88. The molecule has 1 aromatic heterocycles. The normalized spacial score (nSPS) is 11.1. The topological polar surface area (TPSA) is 101 Å². The highest BCUT2D eigenvalue weighted by Gasteiger charge is 2.17. The number of anilines is 1. The molecule has 0 saturated heterocycles. The molecular weight excluding hydrogens is 439 g/mol. The molecule has 7 nitrogen and oxygen atoms in total. The molecule has 1 heterocycles. The van der Waals surface area contributed by atoms with Crippen LogP contribution in [0.15, 0.2) is 54.1 Å². The van der Waals surface area contributed by atoms with E-state index in [0.717, 1.165) is 23.1 Å². The molecule has 1 amide bonds. The van der Waals surface area contributed by atoms with Gasteiger partial charge in [0.2, 0.25) is 0 Å². The van der Waals surface area contributed by atoms with Gasteiger partial charge in [0.05, 0.1) is 15.6 Å². The molecule has 0 bridgehead atoms. The molecule has 0 spiro atoms. The summed E-state index contributed by atoms with van der Waals surface area (Å²) < 4.78 is 1.96. The third kappa shape index (κ3) is 4.77. The minimum absolute atomic E-state index is 0.0476. The number of nitro benzene ring substituents is 1. The summed E-state index contributed by atoms with van der Waals surface area (Å²) in [5.74, 6) is -0.725. The lowest BCUT2D eigenvalue weighted by molar-refractivity contribution is -0.384. The predicted octanol–water partition coefficient (Wildman–Crippen LogP) is 5.85. The molecule has 3 aromatic rings. The maximum atomic E-state index is 12.6. The number of benzene rings is 2. The fraction of sp³-hybridized carbons (Fsp3) is 0.0909. The van der Waals surface area contributed by atoms with Gasteiger partial charge in [-0.3, -0.25) is 14.9 Å².